The second-order valence-corrected chi connectivity index (χ2v) is 6.59. The molecule has 1 nitrogen and oxygen atoms in total. The fourth-order valence-electron chi connectivity index (χ4n) is 1.95. The summed E-state index contributed by atoms with van der Waals surface area (Å²) in [5.74, 6) is 0. The molecule has 0 unspecified atom stereocenters. The van der Waals surface area contributed by atoms with Gasteiger partial charge in [-0.1, -0.05) is 84.6 Å². The van der Waals surface area contributed by atoms with E-state index in [2.05, 4.69) is 41.6 Å². The van der Waals surface area contributed by atoms with E-state index in [-0.39, 0.29) is 0 Å². The van der Waals surface area contributed by atoms with Crippen molar-refractivity contribution in [1.29, 1.82) is 0 Å². The first kappa shape index (κ1) is 21.0. The van der Waals surface area contributed by atoms with Crippen molar-refractivity contribution in [2.75, 3.05) is 27.7 Å². The van der Waals surface area contributed by atoms with Gasteiger partial charge in [-0.2, -0.15) is 0 Å². The molecule has 0 amide bonds. The summed E-state index contributed by atoms with van der Waals surface area (Å²) in [5, 5.41) is 0. The molecule has 1 heteroatoms. The molecule has 116 valence electrons. The van der Waals surface area contributed by atoms with Crippen LogP contribution in [0.1, 0.15) is 78.1 Å². The van der Waals surface area contributed by atoms with Crippen LogP contribution >= 0.6 is 0 Å². The topological polar surface area (TPSA) is 0 Å². The van der Waals surface area contributed by atoms with Crippen molar-refractivity contribution in [2.45, 2.75) is 78.1 Å². The van der Waals surface area contributed by atoms with Crippen LogP contribution in [0.2, 0.25) is 0 Å². The number of unbranched alkanes of at least 4 members (excludes halogenated alkanes) is 9. The molecule has 0 bridgehead atoms. The molecule has 0 aromatic heterocycles. The summed E-state index contributed by atoms with van der Waals surface area (Å²) in [6, 6.07) is 0. The van der Waals surface area contributed by atoms with Gasteiger partial charge in [-0.15, -0.1) is 0 Å². The van der Waals surface area contributed by atoms with Gasteiger partial charge in [0.1, 0.15) is 0 Å². The normalized spacial score (nSPS) is 10.8. The summed E-state index contributed by atoms with van der Waals surface area (Å²) < 4.78 is 0.976. The molecule has 0 heterocycles. The Balaban J connectivity index is 0. The van der Waals surface area contributed by atoms with Crippen LogP contribution in [0.5, 0.6) is 0 Å². The molecule has 0 aromatic rings. The van der Waals surface area contributed by atoms with Crippen LogP contribution in [0.4, 0.5) is 0 Å². The average Bonchev–Trinajstić information content (AvgIpc) is 2.32. The van der Waals surface area contributed by atoms with Gasteiger partial charge in [0.2, 0.25) is 0 Å². The second kappa shape index (κ2) is 15.8. The average molecular weight is 271 g/mol. The summed E-state index contributed by atoms with van der Waals surface area (Å²) in [6.45, 7) is 9.23. The highest BCUT2D eigenvalue weighted by atomic mass is 15.3. The summed E-state index contributed by atoms with van der Waals surface area (Å²) >= 11 is 0. The lowest BCUT2D eigenvalue weighted by molar-refractivity contribution is -0.864. The molecule has 0 aliphatic carbocycles. The van der Waals surface area contributed by atoms with Crippen molar-refractivity contribution in [2.24, 2.45) is 0 Å². The Labute approximate surface area is 123 Å². The summed E-state index contributed by atoms with van der Waals surface area (Å²) in [4.78, 5) is 0. The fraction of sp³-hybridized carbons (Fsp3) is 0.889. The largest absolute Gasteiger partial charge is 0.328 e. The molecule has 0 aromatic carbocycles. The molecular weight excluding hydrogens is 230 g/mol. The van der Waals surface area contributed by atoms with E-state index in [0.717, 1.165) is 11.0 Å². The Hall–Kier alpha value is -0.300. The van der Waals surface area contributed by atoms with Crippen LogP contribution in [-0.2, 0) is 0 Å². The molecule has 0 fully saturated rings. The summed E-state index contributed by atoms with van der Waals surface area (Å²) in [7, 11) is 6.42. The second-order valence-electron chi connectivity index (χ2n) is 6.59. The predicted molar refractivity (Wildman–Crippen MR) is 90.6 cm³/mol. The van der Waals surface area contributed by atoms with E-state index in [9.17, 15) is 0 Å². The van der Waals surface area contributed by atoms with Gasteiger partial charge in [0.15, 0.2) is 0 Å². The first-order valence-corrected chi connectivity index (χ1v) is 8.39. The monoisotopic (exact) mass is 270 g/mol. The van der Waals surface area contributed by atoms with Crippen molar-refractivity contribution < 1.29 is 4.48 Å². The highest BCUT2D eigenvalue weighted by Gasteiger charge is 1.99. The van der Waals surface area contributed by atoms with E-state index in [0.29, 0.717) is 0 Å². The van der Waals surface area contributed by atoms with E-state index >= 15 is 0 Å². The lowest BCUT2D eigenvalue weighted by Crippen LogP contribution is -2.33. The third-order valence-electron chi connectivity index (χ3n) is 3.13. The van der Waals surface area contributed by atoms with Gasteiger partial charge in [-0.3, -0.25) is 0 Å². The standard InChI is InChI=1S/C12H26.C6H14N/c1-3-5-7-9-11-12-10-8-6-4-2;1-5-6-7(2,3)4/h3-12H2,1-2H3;5H,1,6H2,2-4H3/q;+1. The lowest BCUT2D eigenvalue weighted by atomic mass is 10.1. The van der Waals surface area contributed by atoms with Crippen LogP contribution in [0, 0.1) is 0 Å². The summed E-state index contributed by atoms with van der Waals surface area (Å²) in [5.41, 5.74) is 0. The molecule has 0 N–H and O–H groups in total. The van der Waals surface area contributed by atoms with Gasteiger partial charge in [0.05, 0.1) is 27.7 Å². The van der Waals surface area contributed by atoms with Crippen molar-refractivity contribution >= 4 is 0 Å². The van der Waals surface area contributed by atoms with Crippen molar-refractivity contribution in [1.82, 2.24) is 0 Å². The Morgan fingerprint density at radius 1 is 0.684 bits per heavy atom. The van der Waals surface area contributed by atoms with Crippen molar-refractivity contribution in [3.05, 3.63) is 12.7 Å². The minimum Gasteiger partial charge on any atom is -0.328 e. The highest BCUT2D eigenvalue weighted by molar-refractivity contribution is 4.63. The molecule has 0 rings (SSSR count). The Morgan fingerprint density at radius 2 is 1.00 bits per heavy atom. The molecular formula is C18H40N+. The predicted octanol–water partition coefficient (Wildman–Crippen LogP) is 5.81. The molecule has 0 saturated heterocycles. The number of nitrogens with zero attached hydrogens (tertiary/aromatic N) is 1. The number of rotatable bonds is 11. The van der Waals surface area contributed by atoms with E-state index in [4.69, 9.17) is 0 Å². The number of hydrogen-bond acceptors (Lipinski definition) is 0. The van der Waals surface area contributed by atoms with Crippen LogP contribution in [0.25, 0.3) is 0 Å². The van der Waals surface area contributed by atoms with E-state index in [1.54, 1.807) is 0 Å². The zero-order valence-electron chi connectivity index (χ0n) is 14.5. The first-order valence-electron chi connectivity index (χ1n) is 8.39. The van der Waals surface area contributed by atoms with Gasteiger partial charge in [0.25, 0.3) is 0 Å². The Kier molecular flexibility index (Phi) is 17.4. The Bertz CT molecular complexity index is 157. The van der Waals surface area contributed by atoms with Crippen LogP contribution in [0.3, 0.4) is 0 Å². The third-order valence-corrected chi connectivity index (χ3v) is 3.13. The molecule has 0 radical (unpaired) electrons. The first-order chi connectivity index (χ1) is 8.97. The van der Waals surface area contributed by atoms with Crippen LogP contribution < -0.4 is 0 Å². The van der Waals surface area contributed by atoms with E-state index in [1.807, 2.05) is 6.08 Å². The van der Waals surface area contributed by atoms with Gasteiger partial charge >= 0.3 is 0 Å². The number of hydrogen-bond donors (Lipinski definition) is 0. The summed E-state index contributed by atoms with van der Waals surface area (Å²) in [6.07, 6.45) is 16.4. The fourth-order valence-corrected chi connectivity index (χ4v) is 1.95. The molecule has 0 aliphatic heterocycles. The molecule has 0 aliphatic rings. The van der Waals surface area contributed by atoms with Gasteiger partial charge in [-0.05, 0) is 6.08 Å². The maximum atomic E-state index is 3.63. The van der Waals surface area contributed by atoms with Crippen LogP contribution in [0.15, 0.2) is 12.7 Å². The third kappa shape index (κ3) is 27.0. The Morgan fingerprint density at radius 3 is 1.16 bits per heavy atom. The number of likely N-dealkylation sites (N-methyl/N-ethyl adjacent to an activating group) is 1. The molecule has 0 saturated carbocycles. The minimum atomic E-state index is 0.976. The van der Waals surface area contributed by atoms with Crippen LogP contribution in [-0.4, -0.2) is 32.2 Å². The van der Waals surface area contributed by atoms with E-state index < -0.39 is 0 Å². The molecule has 0 spiro atoms. The van der Waals surface area contributed by atoms with E-state index in [1.165, 1.54) is 64.2 Å². The minimum absolute atomic E-state index is 0.976. The zero-order valence-corrected chi connectivity index (χ0v) is 14.5. The molecule has 0 atom stereocenters. The quantitative estimate of drug-likeness (QED) is 0.253. The number of quaternary nitrogens is 1. The van der Waals surface area contributed by atoms with Gasteiger partial charge in [-0.25, -0.2) is 0 Å². The maximum absolute atomic E-state index is 3.63. The van der Waals surface area contributed by atoms with Gasteiger partial charge < -0.3 is 4.48 Å². The SMILES string of the molecule is C=CC[N+](C)(C)C.CCCCCCCCCCCC. The zero-order chi connectivity index (χ0) is 15.0. The van der Waals surface area contributed by atoms with Gasteiger partial charge in [0, 0.05) is 0 Å². The van der Waals surface area contributed by atoms with Crippen molar-refractivity contribution in [3.8, 4) is 0 Å². The maximum Gasteiger partial charge on any atom is 0.0964 e. The molecule has 19 heavy (non-hydrogen) atoms. The lowest BCUT2D eigenvalue weighted by Gasteiger charge is -2.21. The smallest absolute Gasteiger partial charge is 0.0964 e. The highest BCUT2D eigenvalue weighted by Crippen LogP contribution is 2.09. The van der Waals surface area contributed by atoms with Crippen molar-refractivity contribution in [3.63, 3.8) is 0 Å².